The van der Waals surface area contributed by atoms with Gasteiger partial charge in [-0.3, -0.25) is 19.0 Å². The first kappa shape index (κ1) is 24.2. The summed E-state index contributed by atoms with van der Waals surface area (Å²) in [6.07, 6.45) is 3.16. The van der Waals surface area contributed by atoms with Gasteiger partial charge in [-0.05, 0) is 66.8 Å². The Morgan fingerprint density at radius 1 is 0.865 bits per heavy atom. The molecular formula is C29H28N4O4. The van der Waals surface area contributed by atoms with E-state index in [0.29, 0.717) is 22.3 Å². The molecule has 37 heavy (non-hydrogen) atoms. The summed E-state index contributed by atoms with van der Waals surface area (Å²) in [6.45, 7) is 1.80. The Morgan fingerprint density at radius 2 is 1.54 bits per heavy atom. The van der Waals surface area contributed by atoms with E-state index in [1.807, 2.05) is 24.3 Å². The average Bonchev–Trinajstić information content (AvgIpc) is 3.72. The molecule has 0 bridgehead atoms. The van der Waals surface area contributed by atoms with Crippen LogP contribution in [-0.4, -0.2) is 27.0 Å². The van der Waals surface area contributed by atoms with Crippen LogP contribution in [0, 0.1) is 0 Å². The lowest BCUT2D eigenvalue weighted by Crippen LogP contribution is -2.40. The molecule has 1 aromatic heterocycles. The fourth-order valence-corrected chi connectivity index (χ4v) is 4.32. The van der Waals surface area contributed by atoms with Gasteiger partial charge < -0.3 is 10.6 Å². The maximum absolute atomic E-state index is 13.5. The van der Waals surface area contributed by atoms with E-state index in [9.17, 15) is 19.2 Å². The summed E-state index contributed by atoms with van der Waals surface area (Å²) >= 11 is 0. The standard InChI is InChI=1S/C29H28N4O4/c1-2-19-7-11-21(12-8-19)31-27(35)18-32-25-6-4-3-5-24(25)28(36)33(29(32)37)23-15-9-20(10-16-23)17-26(34)30-22-13-14-22/h3-12,15-16,22H,2,13-14,17-18H2,1H3,(H,30,34)(H,31,35). The highest BCUT2D eigenvalue weighted by molar-refractivity contribution is 5.91. The van der Waals surface area contributed by atoms with E-state index in [1.165, 1.54) is 4.57 Å². The van der Waals surface area contributed by atoms with Crippen LogP contribution < -0.4 is 21.9 Å². The van der Waals surface area contributed by atoms with Gasteiger partial charge in [-0.2, -0.15) is 0 Å². The minimum absolute atomic E-state index is 0.0455. The molecule has 8 nitrogen and oxygen atoms in total. The predicted octanol–water partition coefficient (Wildman–Crippen LogP) is 3.17. The summed E-state index contributed by atoms with van der Waals surface area (Å²) < 4.78 is 2.38. The highest BCUT2D eigenvalue weighted by Crippen LogP contribution is 2.19. The van der Waals surface area contributed by atoms with Gasteiger partial charge in [0.05, 0.1) is 23.0 Å². The molecule has 4 aromatic rings. The first-order chi connectivity index (χ1) is 17.9. The molecule has 1 saturated carbocycles. The van der Waals surface area contributed by atoms with Gasteiger partial charge in [0, 0.05) is 11.7 Å². The quantitative estimate of drug-likeness (QED) is 0.391. The van der Waals surface area contributed by atoms with Crippen molar-refractivity contribution in [1.82, 2.24) is 14.5 Å². The third kappa shape index (κ3) is 5.38. The maximum atomic E-state index is 13.5. The van der Waals surface area contributed by atoms with Crippen molar-refractivity contribution in [2.45, 2.75) is 45.2 Å². The maximum Gasteiger partial charge on any atom is 0.336 e. The van der Waals surface area contributed by atoms with Crippen molar-refractivity contribution in [1.29, 1.82) is 0 Å². The number of rotatable bonds is 8. The Labute approximate surface area is 213 Å². The number of anilines is 1. The number of para-hydroxylation sites is 1. The number of fused-ring (bicyclic) bond motifs is 1. The second-order valence-electron chi connectivity index (χ2n) is 9.31. The summed E-state index contributed by atoms with van der Waals surface area (Å²) in [5.74, 6) is -0.422. The van der Waals surface area contributed by atoms with Crippen molar-refractivity contribution in [3.8, 4) is 5.69 Å². The molecule has 2 amide bonds. The second-order valence-corrected chi connectivity index (χ2v) is 9.31. The van der Waals surface area contributed by atoms with E-state index >= 15 is 0 Å². The molecule has 0 aliphatic heterocycles. The number of carbonyl (C=O) groups excluding carboxylic acids is 2. The first-order valence-electron chi connectivity index (χ1n) is 12.4. The van der Waals surface area contributed by atoms with Gasteiger partial charge in [0.1, 0.15) is 6.54 Å². The lowest BCUT2D eigenvalue weighted by atomic mass is 10.1. The highest BCUT2D eigenvalue weighted by atomic mass is 16.2. The zero-order chi connectivity index (χ0) is 25.9. The largest absolute Gasteiger partial charge is 0.353 e. The number of nitrogens with one attached hydrogen (secondary N) is 2. The normalized spacial score (nSPS) is 12.9. The number of carbonyl (C=O) groups is 2. The summed E-state index contributed by atoms with van der Waals surface area (Å²) in [6, 6.07) is 21.3. The van der Waals surface area contributed by atoms with Crippen LogP contribution in [0.4, 0.5) is 5.69 Å². The average molecular weight is 497 g/mol. The van der Waals surface area contributed by atoms with Crippen molar-refractivity contribution < 1.29 is 9.59 Å². The van der Waals surface area contributed by atoms with E-state index in [-0.39, 0.29) is 30.8 Å². The fraction of sp³-hybridized carbons (Fsp3) is 0.241. The van der Waals surface area contributed by atoms with Gasteiger partial charge in [-0.15, -0.1) is 0 Å². The molecule has 1 aliphatic carbocycles. The molecule has 1 fully saturated rings. The van der Waals surface area contributed by atoms with Gasteiger partial charge in [0.15, 0.2) is 0 Å². The molecule has 188 valence electrons. The van der Waals surface area contributed by atoms with Gasteiger partial charge in [-0.25, -0.2) is 9.36 Å². The van der Waals surface area contributed by atoms with Crippen LogP contribution in [0.2, 0.25) is 0 Å². The molecule has 1 heterocycles. The summed E-state index contributed by atoms with van der Waals surface area (Å²) in [7, 11) is 0. The number of benzene rings is 3. The Balaban J connectivity index is 1.45. The van der Waals surface area contributed by atoms with Gasteiger partial charge in [0.2, 0.25) is 11.8 Å². The van der Waals surface area contributed by atoms with E-state index in [2.05, 4.69) is 17.6 Å². The molecule has 8 heteroatoms. The predicted molar refractivity (Wildman–Crippen MR) is 143 cm³/mol. The van der Waals surface area contributed by atoms with Crippen LogP contribution in [0.3, 0.4) is 0 Å². The smallest absolute Gasteiger partial charge is 0.336 e. The summed E-state index contributed by atoms with van der Waals surface area (Å²) in [5.41, 5.74) is 2.25. The number of aromatic nitrogens is 2. The number of nitrogens with zero attached hydrogens (tertiary/aromatic N) is 2. The van der Waals surface area contributed by atoms with Crippen molar-refractivity contribution in [3.63, 3.8) is 0 Å². The Morgan fingerprint density at radius 3 is 2.22 bits per heavy atom. The Bertz CT molecular complexity index is 1580. The lowest BCUT2D eigenvalue weighted by molar-refractivity contribution is -0.120. The van der Waals surface area contributed by atoms with Gasteiger partial charge in [-0.1, -0.05) is 43.3 Å². The van der Waals surface area contributed by atoms with E-state index in [4.69, 9.17) is 0 Å². The van der Waals surface area contributed by atoms with Crippen LogP contribution in [0.25, 0.3) is 16.6 Å². The summed E-state index contributed by atoms with van der Waals surface area (Å²) in [4.78, 5) is 51.9. The number of amides is 2. The third-order valence-corrected chi connectivity index (χ3v) is 6.50. The zero-order valence-electron chi connectivity index (χ0n) is 20.6. The van der Waals surface area contributed by atoms with Gasteiger partial charge >= 0.3 is 5.69 Å². The molecule has 0 radical (unpaired) electrons. The zero-order valence-corrected chi connectivity index (χ0v) is 20.6. The molecule has 5 rings (SSSR count). The molecule has 0 saturated heterocycles. The van der Waals surface area contributed by atoms with Crippen LogP contribution >= 0.6 is 0 Å². The molecule has 0 unspecified atom stereocenters. The van der Waals surface area contributed by atoms with Crippen LogP contribution in [0.1, 0.15) is 30.9 Å². The highest BCUT2D eigenvalue weighted by Gasteiger charge is 2.23. The third-order valence-electron chi connectivity index (χ3n) is 6.50. The summed E-state index contributed by atoms with van der Waals surface area (Å²) in [5, 5.41) is 6.11. The molecule has 0 atom stereocenters. The Hall–Kier alpha value is -4.46. The first-order valence-corrected chi connectivity index (χ1v) is 12.4. The van der Waals surface area contributed by atoms with Crippen LogP contribution in [0.15, 0.2) is 82.4 Å². The molecule has 1 aliphatic rings. The van der Waals surface area contributed by atoms with E-state index in [0.717, 1.165) is 35.0 Å². The topological polar surface area (TPSA) is 102 Å². The SMILES string of the molecule is CCc1ccc(NC(=O)Cn2c(=O)n(-c3ccc(CC(=O)NC4CC4)cc3)c(=O)c3ccccc32)cc1. The van der Waals surface area contributed by atoms with Crippen molar-refractivity contribution in [2.24, 2.45) is 0 Å². The molecular weight excluding hydrogens is 468 g/mol. The number of hydrogen-bond donors (Lipinski definition) is 2. The molecule has 2 N–H and O–H groups in total. The van der Waals surface area contributed by atoms with Crippen LogP contribution in [-0.2, 0) is 29.0 Å². The van der Waals surface area contributed by atoms with E-state index < -0.39 is 11.2 Å². The molecule has 0 spiro atoms. The van der Waals surface area contributed by atoms with Crippen LogP contribution in [0.5, 0.6) is 0 Å². The minimum Gasteiger partial charge on any atom is -0.353 e. The monoisotopic (exact) mass is 496 g/mol. The molecule has 3 aromatic carbocycles. The van der Waals surface area contributed by atoms with Gasteiger partial charge in [0.25, 0.3) is 5.56 Å². The van der Waals surface area contributed by atoms with Crippen molar-refractivity contribution in [2.75, 3.05) is 5.32 Å². The minimum atomic E-state index is -0.612. The number of aryl methyl sites for hydroxylation is 1. The second kappa shape index (κ2) is 10.3. The fourth-order valence-electron chi connectivity index (χ4n) is 4.32. The number of hydrogen-bond acceptors (Lipinski definition) is 4. The van der Waals surface area contributed by atoms with Crippen molar-refractivity contribution >= 4 is 28.4 Å². The lowest BCUT2D eigenvalue weighted by Gasteiger charge is -2.14. The van der Waals surface area contributed by atoms with E-state index in [1.54, 1.807) is 48.5 Å². The Kier molecular flexibility index (Phi) is 6.72. The van der Waals surface area contributed by atoms with Crippen molar-refractivity contribution in [3.05, 3.63) is 105 Å².